The van der Waals surface area contributed by atoms with E-state index in [9.17, 15) is 14.4 Å². The third kappa shape index (κ3) is 10.0. The van der Waals surface area contributed by atoms with Gasteiger partial charge in [-0.1, -0.05) is 26.0 Å². The van der Waals surface area contributed by atoms with Crippen LogP contribution in [-0.2, 0) is 14.3 Å². The van der Waals surface area contributed by atoms with Crippen molar-refractivity contribution in [3.05, 3.63) is 29.8 Å². The van der Waals surface area contributed by atoms with E-state index >= 15 is 0 Å². The van der Waals surface area contributed by atoms with Gasteiger partial charge in [-0.15, -0.1) is 0 Å². The van der Waals surface area contributed by atoms with Crippen LogP contribution in [0.2, 0.25) is 0 Å². The van der Waals surface area contributed by atoms with Gasteiger partial charge in [-0.3, -0.25) is 14.9 Å². The first-order valence-electron chi connectivity index (χ1n) is 8.29. The fourth-order valence-corrected chi connectivity index (χ4v) is 1.83. The van der Waals surface area contributed by atoms with Crippen LogP contribution in [0.4, 0.5) is 4.79 Å². The molecule has 0 aliphatic rings. The fourth-order valence-electron chi connectivity index (χ4n) is 1.83. The minimum atomic E-state index is -0.661. The zero-order valence-electron chi connectivity index (χ0n) is 15.0. The van der Waals surface area contributed by atoms with Crippen molar-refractivity contribution in [1.29, 1.82) is 0 Å². The predicted octanol–water partition coefficient (Wildman–Crippen LogP) is 2.18. The van der Waals surface area contributed by atoms with E-state index in [-0.39, 0.29) is 12.3 Å². The van der Waals surface area contributed by atoms with Gasteiger partial charge in [-0.25, -0.2) is 4.79 Å². The lowest BCUT2D eigenvalue weighted by atomic mass is 10.2. The quantitative estimate of drug-likeness (QED) is 0.526. The number of ether oxygens (including phenoxy) is 2. The lowest BCUT2D eigenvalue weighted by Gasteiger charge is -2.09. The average Bonchev–Trinajstić information content (AvgIpc) is 2.55. The van der Waals surface area contributed by atoms with Crippen molar-refractivity contribution in [3.8, 4) is 5.75 Å². The van der Waals surface area contributed by atoms with Crippen molar-refractivity contribution in [2.45, 2.75) is 33.6 Å². The standard InChI is InChI=1S/C18H26N2O5/c1-13(2)11-19-18(23)20-16(21)12-25-17(22)8-5-9-24-15-7-4-6-14(3)10-15/h4,6-7,10,13H,5,8-9,11-12H2,1-3H3,(H2,19,20,21,23). The molecule has 0 saturated heterocycles. The van der Waals surface area contributed by atoms with Gasteiger partial charge in [0.25, 0.3) is 5.91 Å². The molecule has 0 heterocycles. The molecule has 1 aromatic rings. The summed E-state index contributed by atoms with van der Waals surface area (Å²) in [5.74, 6) is -0.142. The molecule has 0 spiro atoms. The molecule has 25 heavy (non-hydrogen) atoms. The minimum absolute atomic E-state index is 0.138. The van der Waals surface area contributed by atoms with Crippen molar-refractivity contribution < 1.29 is 23.9 Å². The van der Waals surface area contributed by atoms with Crippen LogP contribution < -0.4 is 15.4 Å². The Morgan fingerprint density at radius 2 is 1.96 bits per heavy atom. The maximum absolute atomic E-state index is 11.6. The highest BCUT2D eigenvalue weighted by atomic mass is 16.5. The molecule has 0 fully saturated rings. The molecule has 0 saturated carbocycles. The highest BCUT2D eigenvalue weighted by molar-refractivity contribution is 5.95. The normalized spacial score (nSPS) is 10.2. The Labute approximate surface area is 148 Å². The Balaban J connectivity index is 2.11. The van der Waals surface area contributed by atoms with Crippen molar-refractivity contribution >= 4 is 17.9 Å². The van der Waals surface area contributed by atoms with E-state index in [4.69, 9.17) is 9.47 Å². The number of hydrogen-bond donors (Lipinski definition) is 2. The Bertz CT molecular complexity index is 587. The van der Waals surface area contributed by atoms with Crippen LogP contribution >= 0.6 is 0 Å². The number of esters is 1. The second-order valence-electron chi connectivity index (χ2n) is 6.08. The average molecular weight is 350 g/mol. The van der Waals surface area contributed by atoms with Gasteiger partial charge in [0.2, 0.25) is 0 Å². The summed E-state index contributed by atoms with van der Waals surface area (Å²) in [6, 6.07) is 7.03. The SMILES string of the molecule is Cc1cccc(OCCCC(=O)OCC(=O)NC(=O)NCC(C)C)c1. The van der Waals surface area contributed by atoms with E-state index in [1.54, 1.807) is 0 Å². The lowest BCUT2D eigenvalue weighted by Crippen LogP contribution is -2.42. The van der Waals surface area contributed by atoms with E-state index in [0.717, 1.165) is 11.3 Å². The zero-order valence-corrected chi connectivity index (χ0v) is 15.0. The van der Waals surface area contributed by atoms with Crippen LogP contribution in [0.15, 0.2) is 24.3 Å². The monoisotopic (exact) mass is 350 g/mol. The van der Waals surface area contributed by atoms with Crippen LogP contribution in [-0.4, -0.2) is 37.7 Å². The highest BCUT2D eigenvalue weighted by Crippen LogP contribution is 2.12. The number of rotatable bonds is 9. The van der Waals surface area contributed by atoms with Gasteiger partial charge in [0.05, 0.1) is 6.61 Å². The summed E-state index contributed by atoms with van der Waals surface area (Å²) < 4.78 is 10.3. The summed E-state index contributed by atoms with van der Waals surface area (Å²) >= 11 is 0. The van der Waals surface area contributed by atoms with Gasteiger partial charge in [-0.05, 0) is 37.0 Å². The predicted molar refractivity (Wildman–Crippen MR) is 93.2 cm³/mol. The van der Waals surface area contributed by atoms with Crippen molar-refractivity contribution in [1.82, 2.24) is 10.6 Å². The van der Waals surface area contributed by atoms with E-state index in [1.807, 2.05) is 45.0 Å². The molecule has 3 amide bonds. The number of benzene rings is 1. The Hall–Kier alpha value is -2.57. The van der Waals surface area contributed by atoms with Gasteiger partial charge in [0.1, 0.15) is 5.75 Å². The fraction of sp³-hybridized carbons (Fsp3) is 0.500. The summed E-state index contributed by atoms with van der Waals surface area (Å²) in [7, 11) is 0. The number of imide groups is 1. The number of aryl methyl sites for hydroxylation is 1. The molecule has 2 N–H and O–H groups in total. The van der Waals surface area contributed by atoms with E-state index < -0.39 is 24.5 Å². The van der Waals surface area contributed by atoms with Gasteiger partial charge in [0, 0.05) is 13.0 Å². The first-order valence-corrected chi connectivity index (χ1v) is 8.29. The number of amides is 3. The Morgan fingerprint density at radius 3 is 2.64 bits per heavy atom. The molecule has 1 aromatic carbocycles. The summed E-state index contributed by atoms with van der Waals surface area (Å²) in [6.07, 6.45) is 0.613. The summed E-state index contributed by atoms with van der Waals surface area (Å²) in [5.41, 5.74) is 1.10. The van der Waals surface area contributed by atoms with Gasteiger partial charge >= 0.3 is 12.0 Å². The van der Waals surface area contributed by atoms with E-state index in [2.05, 4.69) is 10.6 Å². The maximum Gasteiger partial charge on any atom is 0.321 e. The summed E-state index contributed by atoms with van der Waals surface area (Å²) in [5, 5.41) is 4.63. The zero-order chi connectivity index (χ0) is 18.7. The van der Waals surface area contributed by atoms with Gasteiger partial charge < -0.3 is 14.8 Å². The second kappa shape index (κ2) is 11.1. The molecule has 0 bridgehead atoms. The molecule has 1 rings (SSSR count). The van der Waals surface area contributed by atoms with Crippen molar-refractivity contribution in [2.75, 3.05) is 19.8 Å². The van der Waals surface area contributed by atoms with Crippen LogP contribution in [0, 0.1) is 12.8 Å². The largest absolute Gasteiger partial charge is 0.494 e. The molecule has 0 aliphatic heterocycles. The minimum Gasteiger partial charge on any atom is -0.494 e. The number of urea groups is 1. The Morgan fingerprint density at radius 1 is 1.20 bits per heavy atom. The molecule has 7 heteroatoms. The Kier molecular flexibility index (Phi) is 9.06. The molecule has 0 radical (unpaired) electrons. The number of hydrogen-bond acceptors (Lipinski definition) is 5. The summed E-state index contributed by atoms with van der Waals surface area (Å²) in [6.45, 7) is 6.20. The first kappa shape index (κ1) is 20.5. The van der Waals surface area contributed by atoms with E-state index in [0.29, 0.717) is 19.6 Å². The van der Waals surface area contributed by atoms with Crippen molar-refractivity contribution in [3.63, 3.8) is 0 Å². The topological polar surface area (TPSA) is 93.7 Å². The van der Waals surface area contributed by atoms with Crippen LogP contribution in [0.5, 0.6) is 5.75 Å². The van der Waals surface area contributed by atoms with Crippen LogP contribution in [0.25, 0.3) is 0 Å². The molecular formula is C18H26N2O5. The molecule has 0 unspecified atom stereocenters. The lowest BCUT2D eigenvalue weighted by molar-refractivity contribution is -0.148. The summed E-state index contributed by atoms with van der Waals surface area (Å²) in [4.78, 5) is 34.4. The first-order chi connectivity index (χ1) is 11.9. The third-order valence-corrected chi connectivity index (χ3v) is 3.07. The van der Waals surface area contributed by atoms with Gasteiger partial charge in [-0.2, -0.15) is 0 Å². The maximum atomic E-state index is 11.6. The van der Waals surface area contributed by atoms with E-state index in [1.165, 1.54) is 0 Å². The highest BCUT2D eigenvalue weighted by Gasteiger charge is 2.11. The van der Waals surface area contributed by atoms with Crippen LogP contribution in [0.1, 0.15) is 32.3 Å². The second-order valence-corrected chi connectivity index (χ2v) is 6.08. The van der Waals surface area contributed by atoms with Gasteiger partial charge in [0.15, 0.2) is 6.61 Å². The molecular weight excluding hydrogens is 324 g/mol. The third-order valence-electron chi connectivity index (χ3n) is 3.07. The number of carbonyl (C=O) groups excluding carboxylic acids is 3. The van der Waals surface area contributed by atoms with Crippen molar-refractivity contribution in [2.24, 2.45) is 5.92 Å². The molecule has 0 atom stereocenters. The molecule has 7 nitrogen and oxygen atoms in total. The van der Waals surface area contributed by atoms with Crippen LogP contribution in [0.3, 0.4) is 0 Å². The smallest absolute Gasteiger partial charge is 0.321 e. The number of carbonyl (C=O) groups is 3. The molecule has 0 aromatic heterocycles. The molecule has 0 aliphatic carbocycles. The molecule has 138 valence electrons. The number of nitrogens with one attached hydrogen (secondary N) is 2.